The molecule has 0 heterocycles. The fraction of sp³-hybridized carbons (Fsp3) is 0.354. The normalized spacial score (nSPS) is 12.9. The number of amides is 4. The van der Waals surface area contributed by atoms with Crippen molar-refractivity contribution >= 4 is 29.8 Å². The fourth-order valence-electron chi connectivity index (χ4n) is 6.81. The minimum Gasteiger partial charge on any atom is -0.463 e. The van der Waals surface area contributed by atoms with Gasteiger partial charge in [0.25, 0.3) is 0 Å². The predicted molar refractivity (Wildman–Crippen MR) is 229 cm³/mol. The van der Waals surface area contributed by atoms with E-state index in [0.29, 0.717) is 6.42 Å². The summed E-state index contributed by atoms with van der Waals surface area (Å²) in [6.07, 6.45) is 2.66. The highest BCUT2D eigenvalue weighted by atomic mass is 16.5. The van der Waals surface area contributed by atoms with Crippen LogP contribution in [0.1, 0.15) is 82.6 Å². The maximum Gasteiger partial charge on any atom is 0.408 e. The minimum atomic E-state index is -1.04. The van der Waals surface area contributed by atoms with Gasteiger partial charge in [0.1, 0.15) is 24.2 Å². The van der Waals surface area contributed by atoms with Gasteiger partial charge in [-0.25, -0.2) is 9.59 Å². The van der Waals surface area contributed by atoms with Crippen LogP contribution >= 0.6 is 0 Å². The Kier molecular flexibility index (Phi) is 17.9. The molecular formula is C48H58N4O7. The SMILES string of the molecule is CCOC(=O)/C=C/[C@H](CCC(=O)NC(c1ccccc1)(c1ccccc1)c1ccccc1)NC(=O)[C@H](CC(C)C)NC(=O)[C@H](CC(C)C)NC(=O)OCc1ccccc1. The zero-order valence-corrected chi connectivity index (χ0v) is 34.7. The molecule has 0 aromatic heterocycles. The summed E-state index contributed by atoms with van der Waals surface area (Å²) in [6.45, 7) is 9.60. The van der Waals surface area contributed by atoms with Crippen LogP contribution in [0.4, 0.5) is 4.79 Å². The summed E-state index contributed by atoms with van der Waals surface area (Å²) in [5.74, 6) is -1.90. The molecule has 0 aliphatic carbocycles. The molecule has 0 aliphatic heterocycles. The summed E-state index contributed by atoms with van der Waals surface area (Å²) < 4.78 is 10.5. The predicted octanol–water partition coefficient (Wildman–Crippen LogP) is 7.35. The molecule has 0 fully saturated rings. The number of esters is 1. The van der Waals surface area contributed by atoms with Gasteiger partial charge in [0.05, 0.1) is 6.61 Å². The van der Waals surface area contributed by atoms with Gasteiger partial charge in [-0.2, -0.15) is 0 Å². The van der Waals surface area contributed by atoms with E-state index >= 15 is 0 Å². The Labute approximate surface area is 348 Å². The second-order valence-electron chi connectivity index (χ2n) is 15.2. The van der Waals surface area contributed by atoms with Crippen molar-refractivity contribution in [1.29, 1.82) is 0 Å². The maximum absolute atomic E-state index is 14.2. The molecule has 4 rings (SSSR count). The molecule has 11 nitrogen and oxygen atoms in total. The van der Waals surface area contributed by atoms with E-state index < -0.39 is 47.5 Å². The molecule has 59 heavy (non-hydrogen) atoms. The third-order valence-electron chi connectivity index (χ3n) is 9.58. The topological polar surface area (TPSA) is 152 Å². The summed E-state index contributed by atoms with van der Waals surface area (Å²) in [7, 11) is 0. The Hall–Kier alpha value is -6.23. The van der Waals surface area contributed by atoms with E-state index in [4.69, 9.17) is 9.47 Å². The van der Waals surface area contributed by atoms with E-state index in [1.165, 1.54) is 12.2 Å². The van der Waals surface area contributed by atoms with Crippen LogP contribution in [0, 0.1) is 11.8 Å². The highest BCUT2D eigenvalue weighted by Gasteiger charge is 2.38. The third-order valence-corrected chi connectivity index (χ3v) is 9.58. The van der Waals surface area contributed by atoms with Crippen LogP contribution in [0.15, 0.2) is 133 Å². The smallest absolute Gasteiger partial charge is 0.408 e. The van der Waals surface area contributed by atoms with Gasteiger partial charge in [-0.3, -0.25) is 14.4 Å². The second kappa shape index (κ2) is 23.2. The van der Waals surface area contributed by atoms with Crippen LogP contribution in [-0.4, -0.2) is 54.5 Å². The molecule has 4 N–H and O–H groups in total. The number of alkyl carbamates (subject to hydrolysis) is 1. The number of benzene rings is 4. The van der Waals surface area contributed by atoms with E-state index in [-0.39, 0.29) is 50.2 Å². The fourth-order valence-corrected chi connectivity index (χ4v) is 6.81. The van der Waals surface area contributed by atoms with E-state index in [0.717, 1.165) is 22.3 Å². The zero-order chi connectivity index (χ0) is 42.6. The number of ether oxygens (including phenoxy) is 2. The number of hydrogen-bond acceptors (Lipinski definition) is 7. The number of rotatable bonds is 21. The molecule has 3 atom stereocenters. The first-order valence-electron chi connectivity index (χ1n) is 20.3. The maximum atomic E-state index is 14.2. The average molecular weight is 803 g/mol. The van der Waals surface area contributed by atoms with Crippen molar-refractivity contribution in [2.75, 3.05) is 6.61 Å². The van der Waals surface area contributed by atoms with E-state index in [2.05, 4.69) is 21.3 Å². The highest BCUT2D eigenvalue weighted by Crippen LogP contribution is 2.37. The van der Waals surface area contributed by atoms with Crippen molar-refractivity contribution in [3.8, 4) is 0 Å². The lowest BCUT2D eigenvalue weighted by molar-refractivity contribution is -0.137. The standard InChI is InChI=1S/C48H58N4O7/c1-6-58-44(54)30-28-40(27-29-43(53)52-48(37-21-13-8-14-22-37,38-23-15-9-16-24-38)39-25-17-10-18-26-39)49-45(55)41(31-34(2)3)50-46(56)42(32-35(4)5)51-47(57)59-33-36-19-11-7-12-20-36/h7-26,28,30,34-35,40-42H,6,27,29,31-33H2,1-5H3,(H,49,55)(H,50,56)(H,51,57)(H,52,53)/b30-28+/t40-,41-,42-/m0/s1. The van der Waals surface area contributed by atoms with Gasteiger partial charge in [0, 0.05) is 18.5 Å². The van der Waals surface area contributed by atoms with Crippen molar-refractivity contribution in [3.63, 3.8) is 0 Å². The van der Waals surface area contributed by atoms with E-state index in [1.807, 2.05) is 149 Å². The summed E-state index contributed by atoms with van der Waals surface area (Å²) in [4.78, 5) is 67.2. The minimum absolute atomic E-state index is 0.000204. The number of carbonyl (C=O) groups is 5. The van der Waals surface area contributed by atoms with E-state index in [1.54, 1.807) is 6.92 Å². The third kappa shape index (κ3) is 14.3. The number of hydrogen-bond donors (Lipinski definition) is 4. The van der Waals surface area contributed by atoms with Gasteiger partial charge in [0.15, 0.2) is 0 Å². The number of carbonyl (C=O) groups excluding carboxylic acids is 5. The van der Waals surface area contributed by atoms with Gasteiger partial charge in [0.2, 0.25) is 17.7 Å². The van der Waals surface area contributed by atoms with Gasteiger partial charge >= 0.3 is 12.1 Å². The molecule has 4 aromatic carbocycles. The van der Waals surface area contributed by atoms with E-state index in [9.17, 15) is 24.0 Å². The molecule has 0 radical (unpaired) electrons. The van der Waals surface area contributed by atoms with Crippen LogP contribution in [0.25, 0.3) is 0 Å². The van der Waals surface area contributed by atoms with Crippen LogP contribution in [0.5, 0.6) is 0 Å². The largest absolute Gasteiger partial charge is 0.463 e. The molecule has 0 unspecified atom stereocenters. The van der Waals surface area contributed by atoms with Gasteiger partial charge < -0.3 is 30.7 Å². The van der Waals surface area contributed by atoms with Gasteiger partial charge in [-0.15, -0.1) is 0 Å². The first-order valence-corrected chi connectivity index (χ1v) is 20.3. The Bertz CT molecular complexity index is 1860. The molecule has 0 bridgehead atoms. The summed E-state index contributed by atoms with van der Waals surface area (Å²) in [6, 6.07) is 35.6. The first-order chi connectivity index (χ1) is 28.4. The molecule has 0 aliphatic rings. The summed E-state index contributed by atoms with van der Waals surface area (Å²) in [5, 5.41) is 11.8. The Morgan fingerprint density at radius 1 is 0.610 bits per heavy atom. The highest BCUT2D eigenvalue weighted by molar-refractivity contribution is 5.91. The quantitative estimate of drug-likeness (QED) is 0.0391. The van der Waals surface area contributed by atoms with Crippen LogP contribution in [0.3, 0.4) is 0 Å². The van der Waals surface area contributed by atoms with Crippen molar-refractivity contribution < 1.29 is 33.4 Å². The van der Waals surface area contributed by atoms with Crippen LogP contribution in [0.2, 0.25) is 0 Å². The Morgan fingerprint density at radius 2 is 1.07 bits per heavy atom. The molecule has 4 amide bonds. The molecule has 0 saturated carbocycles. The van der Waals surface area contributed by atoms with Crippen LogP contribution < -0.4 is 21.3 Å². The Balaban J connectivity index is 1.54. The molecule has 0 saturated heterocycles. The number of nitrogens with one attached hydrogen (secondary N) is 4. The van der Waals surface area contributed by atoms with Gasteiger partial charge in [-0.1, -0.05) is 155 Å². The summed E-state index contributed by atoms with van der Waals surface area (Å²) in [5.41, 5.74) is 2.34. The average Bonchev–Trinajstić information content (AvgIpc) is 3.23. The molecular weight excluding hydrogens is 745 g/mol. The van der Waals surface area contributed by atoms with Crippen molar-refractivity contribution in [2.45, 2.75) is 90.6 Å². The molecule has 11 heteroatoms. The lowest BCUT2D eigenvalue weighted by Crippen LogP contribution is -2.55. The first kappa shape index (κ1) is 45.5. The second-order valence-corrected chi connectivity index (χ2v) is 15.2. The Morgan fingerprint density at radius 3 is 1.54 bits per heavy atom. The van der Waals surface area contributed by atoms with Crippen LogP contribution in [-0.2, 0) is 40.8 Å². The zero-order valence-electron chi connectivity index (χ0n) is 34.7. The molecule has 0 spiro atoms. The molecule has 4 aromatic rings. The van der Waals surface area contributed by atoms with Crippen molar-refractivity contribution in [2.24, 2.45) is 11.8 Å². The van der Waals surface area contributed by atoms with Crippen molar-refractivity contribution in [1.82, 2.24) is 21.3 Å². The summed E-state index contributed by atoms with van der Waals surface area (Å²) >= 11 is 0. The van der Waals surface area contributed by atoms with Crippen molar-refractivity contribution in [3.05, 3.63) is 156 Å². The lowest BCUT2D eigenvalue weighted by atomic mass is 9.77. The monoisotopic (exact) mass is 802 g/mol. The van der Waals surface area contributed by atoms with Gasteiger partial charge in [-0.05, 0) is 60.3 Å². The molecule has 312 valence electrons. The lowest BCUT2D eigenvalue weighted by Gasteiger charge is -2.37.